The van der Waals surface area contributed by atoms with Crippen LogP contribution in [0.3, 0.4) is 0 Å². The molecule has 0 bridgehead atoms. The van der Waals surface area contributed by atoms with Crippen LogP contribution in [0.1, 0.15) is 81.1 Å². The summed E-state index contributed by atoms with van der Waals surface area (Å²) in [4.78, 5) is 31.9. The molecule has 2 N–H and O–H groups in total. The van der Waals surface area contributed by atoms with Gasteiger partial charge in [0.15, 0.2) is 12.2 Å². The molecular formula is C22H42N4O10. The van der Waals surface area contributed by atoms with Crippen molar-refractivity contribution in [2.75, 3.05) is 13.2 Å². The third-order valence-corrected chi connectivity index (χ3v) is 7.05. The summed E-state index contributed by atoms with van der Waals surface area (Å²) < 4.78 is 11.9. The van der Waals surface area contributed by atoms with Crippen LogP contribution in [0.2, 0.25) is 0 Å². The average molecular weight is 523 g/mol. The maximum Gasteiger partial charge on any atom is 0.294 e. The molecule has 0 aromatic heterocycles. The molecule has 0 saturated carbocycles. The molecule has 0 aromatic rings. The van der Waals surface area contributed by atoms with Crippen LogP contribution >= 0.6 is 0 Å². The van der Waals surface area contributed by atoms with E-state index in [1.807, 2.05) is 55.4 Å². The van der Waals surface area contributed by atoms with Gasteiger partial charge in [0.25, 0.3) is 10.2 Å². The Kier molecular flexibility index (Phi) is 9.18. The van der Waals surface area contributed by atoms with Crippen LogP contribution in [-0.4, -0.2) is 90.5 Å². The van der Waals surface area contributed by atoms with Gasteiger partial charge in [-0.05, 0) is 81.1 Å². The molecule has 2 aliphatic rings. The molecule has 2 rings (SSSR count). The Balaban J connectivity index is 2.13. The van der Waals surface area contributed by atoms with Crippen molar-refractivity contribution in [3.05, 3.63) is 20.2 Å². The van der Waals surface area contributed by atoms with Crippen LogP contribution in [0.15, 0.2) is 0 Å². The second-order valence-electron chi connectivity index (χ2n) is 12.3. The maximum atomic E-state index is 11.2. The molecule has 36 heavy (non-hydrogen) atoms. The van der Waals surface area contributed by atoms with Gasteiger partial charge in [-0.1, -0.05) is 0 Å². The lowest BCUT2D eigenvalue weighted by molar-refractivity contribution is -0.799. The van der Waals surface area contributed by atoms with Crippen LogP contribution in [0.25, 0.3) is 0 Å². The zero-order chi connectivity index (χ0) is 27.7. The predicted octanol–water partition coefficient (Wildman–Crippen LogP) is 3.00. The smallest absolute Gasteiger partial charge is 0.294 e. The number of nitrogens with zero attached hydrogens (tertiary/aromatic N) is 4. The van der Waals surface area contributed by atoms with E-state index < -0.39 is 44.5 Å². The maximum absolute atomic E-state index is 11.2. The third-order valence-electron chi connectivity index (χ3n) is 7.05. The fourth-order valence-corrected chi connectivity index (χ4v) is 5.69. The number of piperidine rings is 2. The van der Waals surface area contributed by atoms with Crippen LogP contribution in [0.4, 0.5) is 0 Å². The SMILES string of the molecule is CC1(C)CC(OCC(O[N+](=O)[O-])C(COC2CC(C)(C)N(O)C(C)(C)C2)O[N+](=O)[O-])CC(C)(C)N1O. The number of ether oxygens (including phenoxy) is 2. The second kappa shape index (κ2) is 10.9. The van der Waals surface area contributed by atoms with E-state index in [2.05, 4.69) is 0 Å². The normalized spacial score (nSPS) is 26.2. The molecule has 14 heteroatoms. The van der Waals surface area contributed by atoms with Gasteiger partial charge in [-0.2, -0.15) is 10.1 Å². The molecule has 2 unspecified atom stereocenters. The molecule has 2 heterocycles. The fourth-order valence-electron chi connectivity index (χ4n) is 5.69. The summed E-state index contributed by atoms with van der Waals surface area (Å²) in [5.74, 6) is 0. The number of hydrogen-bond donors (Lipinski definition) is 2. The number of hydrogen-bond acceptors (Lipinski definition) is 12. The Morgan fingerprint density at radius 3 is 1.17 bits per heavy atom. The minimum absolute atomic E-state index is 0.350. The first-order chi connectivity index (χ1) is 16.3. The molecule has 0 amide bonds. The summed E-state index contributed by atoms with van der Waals surface area (Å²) in [7, 11) is 0. The molecule has 0 aromatic carbocycles. The molecule has 2 atom stereocenters. The fraction of sp³-hybridized carbons (Fsp3) is 1.00. The van der Waals surface area contributed by atoms with E-state index in [-0.39, 0.29) is 25.4 Å². The van der Waals surface area contributed by atoms with Gasteiger partial charge in [-0.3, -0.25) is 0 Å². The highest BCUT2D eigenvalue weighted by atomic mass is 17.0. The molecule has 0 aliphatic carbocycles. The highest BCUT2D eigenvalue weighted by Crippen LogP contribution is 2.39. The van der Waals surface area contributed by atoms with Gasteiger partial charge in [0.2, 0.25) is 0 Å². The summed E-state index contributed by atoms with van der Waals surface area (Å²) >= 11 is 0. The first-order valence-corrected chi connectivity index (χ1v) is 12.1. The lowest BCUT2D eigenvalue weighted by atomic mass is 9.80. The molecule has 210 valence electrons. The minimum Gasteiger partial charge on any atom is -0.376 e. The van der Waals surface area contributed by atoms with Crippen molar-refractivity contribution < 1.29 is 39.7 Å². The van der Waals surface area contributed by atoms with Crippen molar-refractivity contribution in [2.45, 2.75) is 128 Å². The Bertz CT molecular complexity index is 691. The summed E-state index contributed by atoms with van der Waals surface area (Å²) in [6, 6.07) is 0. The lowest BCUT2D eigenvalue weighted by Crippen LogP contribution is -2.61. The highest BCUT2D eigenvalue weighted by Gasteiger charge is 2.47. The third kappa shape index (κ3) is 7.59. The topological polar surface area (TPSA) is 170 Å². The van der Waals surface area contributed by atoms with E-state index in [1.54, 1.807) is 0 Å². The summed E-state index contributed by atoms with van der Waals surface area (Å²) in [6.45, 7) is 14.1. The van der Waals surface area contributed by atoms with E-state index in [4.69, 9.17) is 19.1 Å². The van der Waals surface area contributed by atoms with Crippen molar-refractivity contribution in [3.63, 3.8) is 0 Å². The van der Waals surface area contributed by atoms with Gasteiger partial charge >= 0.3 is 0 Å². The van der Waals surface area contributed by atoms with Crippen LogP contribution < -0.4 is 0 Å². The first-order valence-electron chi connectivity index (χ1n) is 12.1. The molecule has 0 radical (unpaired) electrons. The zero-order valence-corrected chi connectivity index (χ0v) is 22.5. The predicted molar refractivity (Wildman–Crippen MR) is 125 cm³/mol. The molecular weight excluding hydrogens is 480 g/mol. The first kappa shape index (κ1) is 30.4. The average Bonchev–Trinajstić information content (AvgIpc) is 2.69. The summed E-state index contributed by atoms with van der Waals surface area (Å²) in [5, 5.41) is 43.8. The van der Waals surface area contributed by atoms with Crippen LogP contribution in [-0.2, 0) is 19.1 Å². The Morgan fingerprint density at radius 1 is 0.694 bits per heavy atom. The van der Waals surface area contributed by atoms with Gasteiger partial charge < -0.3 is 29.6 Å². The molecule has 2 aliphatic heterocycles. The Morgan fingerprint density at radius 2 is 0.944 bits per heavy atom. The van der Waals surface area contributed by atoms with E-state index in [9.17, 15) is 30.6 Å². The Labute approximate surface area is 211 Å². The highest BCUT2D eigenvalue weighted by molar-refractivity contribution is 4.98. The van der Waals surface area contributed by atoms with Gasteiger partial charge in [0, 0.05) is 22.2 Å². The number of hydroxylamine groups is 4. The van der Waals surface area contributed by atoms with E-state index >= 15 is 0 Å². The lowest BCUT2D eigenvalue weighted by Gasteiger charge is -2.51. The largest absolute Gasteiger partial charge is 0.376 e. The quantitative estimate of drug-likeness (QED) is 0.301. The van der Waals surface area contributed by atoms with Crippen molar-refractivity contribution in [2.24, 2.45) is 0 Å². The van der Waals surface area contributed by atoms with E-state index in [0.29, 0.717) is 25.7 Å². The molecule has 2 fully saturated rings. The van der Waals surface area contributed by atoms with Gasteiger partial charge in [0.05, 0.1) is 25.4 Å². The standard InChI is InChI=1S/C22H42N4O10/c1-19(2)9-15(10-20(3,4)23(19)27)33-13-17(35-25(29)30)18(36-26(31)32)14-34-16-11-21(5,6)24(28)22(7,8)12-16/h15-18,27-28H,9-14H2,1-8H3. The number of rotatable bonds is 11. The van der Waals surface area contributed by atoms with Gasteiger partial charge in [-0.15, -0.1) is 20.2 Å². The van der Waals surface area contributed by atoms with Gasteiger partial charge in [-0.25, -0.2) is 0 Å². The van der Waals surface area contributed by atoms with Crippen molar-refractivity contribution in [3.8, 4) is 0 Å². The van der Waals surface area contributed by atoms with Crippen molar-refractivity contribution >= 4 is 0 Å². The van der Waals surface area contributed by atoms with E-state index in [0.717, 1.165) is 0 Å². The van der Waals surface area contributed by atoms with Gasteiger partial charge in [0.1, 0.15) is 0 Å². The van der Waals surface area contributed by atoms with Crippen molar-refractivity contribution in [1.29, 1.82) is 0 Å². The Hall–Kier alpha value is -1.84. The molecule has 0 spiro atoms. The molecule has 14 nitrogen and oxygen atoms in total. The summed E-state index contributed by atoms with van der Waals surface area (Å²) in [6.07, 6.45) is -1.91. The summed E-state index contributed by atoms with van der Waals surface area (Å²) in [5.41, 5.74) is -2.47. The second-order valence-corrected chi connectivity index (χ2v) is 12.3. The monoisotopic (exact) mass is 522 g/mol. The molecule has 2 saturated heterocycles. The van der Waals surface area contributed by atoms with Crippen LogP contribution in [0, 0.1) is 20.2 Å². The van der Waals surface area contributed by atoms with Crippen molar-refractivity contribution in [1.82, 2.24) is 10.1 Å². The van der Waals surface area contributed by atoms with E-state index in [1.165, 1.54) is 10.1 Å². The van der Waals surface area contributed by atoms with Crippen LogP contribution in [0.5, 0.6) is 0 Å². The zero-order valence-electron chi connectivity index (χ0n) is 22.5. The minimum atomic E-state index is -1.43.